The molecule has 0 heterocycles. The van der Waals surface area contributed by atoms with Crippen LogP contribution in [0.4, 0.5) is 0 Å². The SMILES string of the molecule is CNC1(CC(=O)OC)CCCC(C)(C)CC1. The van der Waals surface area contributed by atoms with Gasteiger partial charge in [0.25, 0.3) is 0 Å². The Bertz CT molecular complexity index is 250. The Morgan fingerprint density at radius 3 is 2.50 bits per heavy atom. The van der Waals surface area contributed by atoms with Crippen LogP contribution in [0.15, 0.2) is 0 Å². The van der Waals surface area contributed by atoms with Crippen LogP contribution >= 0.6 is 0 Å². The third-order valence-corrected chi connectivity index (χ3v) is 4.03. The van der Waals surface area contributed by atoms with Gasteiger partial charge in [0.1, 0.15) is 0 Å². The summed E-state index contributed by atoms with van der Waals surface area (Å²) >= 11 is 0. The van der Waals surface area contributed by atoms with E-state index in [0.29, 0.717) is 11.8 Å². The van der Waals surface area contributed by atoms with Gasteiger partial charge in [0.2, 0.25) is 0 Å². The molecule has 1 aliphatic carbocycles. The Hall–Kier alpha value is -0.570. The van der Waals surface area contributed by atoms with Gasteiger partial charge in [0.05, 0.1) is 13.5 Å². The highest BCUT2D eigenvalue weighted by Gasteiger charge is 2.36. The molecule has 94 valence electrons. The number of nitrogens with one attached hydrogen (secondary N) is 1. The fourth-order valence-electron chi connectivity index (χ4n) is 2.60. The summed E-state index contributed by atoms with van der Waals surface area (Å²) in [5, 5.41) is 3.36. The van der Waals surface area contributed by atoms with E-state index in [1.54, 1.807) is 0 Å². The van der Waals surface area contributed by atoms with Crippen molar-refractivity contribution < 1.29 is 9.53 Å². The van der Waals surface area contributed by atoms with E-state index in [0.717, 1.165) is 12.8 Å². The lowest BCUT2D eigenvalue weighted by atomic mass is 9.82. The molecule has 0 bridgehead atoms. The minimum Gasteiger partial charge on any atom is -0.469 e. The molecule has 1 fully saturated rings. The number of ether oxygens (including phenoxy) is 1. The predicted molar refractivity (Wildman–Crippen MR) is 65.3 cm³/mol. The fraction of sp³-hybridized carbons (Fsp3) is 0.923. The molecule has 3 nitrogen and oxygen atoms in total. The molecular formula is C13H25NO2. The lowest BCUT2D eigenvalue weighted by Crippen LogP contribution is -2.44. The molecule has 3 heteroatoms. The van der Waals surface area contributed by atoms with Gasteiger partial charge in [-0.05, 0) is 38.1 Å². The molecule has 0 aromatic carbocycles. The average molecular weight is 227 g/mol. The number of esters is 1. The van der Waals surface area contributed by atoms with Crippen molar-refractivity contribution in [2.75, 3.05) is 14.2 Å². The molecule has 0 amide bonds. The molecule has 1 atom stereocenters. The van der Waals surface area contributed by atoms with Crippen molar-refractivity contribution in [3.63, 3.8) is 0 Å². The molecule has 1 aliphatic rings. The van der Waals surface area contributed by atoms with Crippen molar-refractivity contribution in [1.29, 1.82) is 0 Å². The standard InChI is InChI=1S/C13H25NO2/c1-12(2)6-5-7-13(14-3,9-8-12)10-11(15)16-4/h14H,5-10H2,1-4H3. The molecule has 0 saturated heterocycles. The maximum Gasteiger partial charge on any atom is 0.307 e. The van der Waals surface area contributed by atoms with Gasteiger partial charge in [-0.3, -0.25) is 4.79 Å². The summed E-state index contributed by atoms with van der Waals surface area (Å²) in [4.78, 5) is 11.5. The van der Waals surface area contributed by atoms with Crippen LogP contribution in [0.25, 0.3) is 0 Å². The summed E-state index contributed by atoms with van der Waals surface area (Å²) in [5.41, 5.74) is 0.371. The Labute approximate surface area is 98.9 Å². The topological polar surface area (TPSA) is 38.3 Å². The van der Waals surface area contributed by atoms with Crippen LogP contribution in [0, 0.1) is 5.41 Å². The smallest absolute Gasteiger partial charge is 0.307 e. The molecule has 1 rings (SSSR count). The maximum absolute atomic E-state index is 11.5. The monoisotopic (exact) mass is 227 g/mol. The second kappa shape index (κ2) is 5.17. The van der Waals surface area contributed by atoms with Gasteiger partial charge >= 0.3 is 5.97 Å². The van der Waals surface area contributed by atoms with Gasteiger partial charge in [-0.1, -0.05) is 20.3 Å². The largest absolute Gasteiger partial charge is 0.469 e. The molecule has 1 N–H and O–H groups in total. The van der Waals surface area contributed by atoms with E-state index in [1.165, 1.54) is 26.4 Å². The van der Waals surface area contributed by atoms with E-state index in [4.69, 9.17) is 4.74 Å². The molecule has 0 aromatic heterocycles. The first-order chi connectivity index (χ1) is 7.43. The van der Waals surface area contributed by atoms with E-state index in [-0.39, 0.29) is 11.5 Å². The van der Waals surface area contributed by atoms with Crippen LogP contribution < -0.4 is 5.32 Å². The van der Waals surface area contributed by atoms with Crippen molar-refractivity contribution in [3.05, 3.63) is 0 Å². The van der Waals surface area contributed by atoms with Gasteiger partial charge in [0, 0.05) is 5.54 Å². The lowest BCUT2D eigenvalue weighted by molar-refractivity contribution is -0.142. The van der Waals surface area contributed by atoms with Crippen LogP contribution in [0.5, 0.6) is 0 Å². The highest BCUT2D eigenvalue weighted by molar-refractivity contribution is 5.70. The van der Waals surface area contributed by atoms with Crippen LogP contribution in [0.2, 0.25) is 0 Å². The van der Waals surface area contributed by atoms with Gasteiger partial charge in [-0.2, -0.15) is 0 Å². The first kappa shape index (κ1) is 13.5. The van der Waals surface area contributed by atoms with Crippen molar-refractivity contribution in [2.45, 2.75) is 57.9 Å². The molecule has 1 unspecified atom stereocenters. The Morgan fingerprint density at radius 1 is 1.25 bits per heavy atom. The summed E-state index contributed by atoms with van der Waals surface area (Å²) in [6, 6.07) is 0. The van der Waals surface area contributed by atoms with E-state index in [1.807, 2.05) is 7.05 Å². The Balaban J connectivity index is 2.69. The number of hydrogen-bond acceptors (Lipinski definition) is 3. The first-order valence-electron chi connectivity index (χ1n) is 6.19. The average Bonchev–Trinajstić information content (AvgIpc) is 2.39. The van der Waals surface area contributed by atoms with Gasteiger partial charge in [0.15, 0.2) is 0 Å². The zero-order valence-electron chi connectivity index (χ0n) is 11.1. The van der Waals surface area contributed by atoms with Gasteiger partial charge in [-0.15, -0.1) is 0 Å². The minimum atomic E-state index is -0.103. The van der Waals surface area contributed by atoms with Crippen LogP contribution in [-0.2, 0) is 9.53 Å². The fourth-order valence-corrected chi connectivity index (χ4v) is 2.60. The van der Waals surface area contributed by atoms with E-state index in [2.05, 4.69) is 19.2 Å². The van der Waals surface area contributed by atoms with Crippen LogP contribution in [0.3, 0.4) is 0 Å². The second-order valence-corrected chi connectivity index (χ2v) is 5.80. The summed E-state index contributed by atoms with van der Waals surface area (Å²) in [6.45, 7) is 4.63. The third kappa shape index (κ3) is 3.48. The van der Waals surface area contributed by atoms with Crippen molar-refractivity contribution in [1.82, 2.24) is 5.32 Å². The van der Waals surface area contributed by atoms with Gasteiger partial charge < -0.3 is 10.1 Å². The maximum atomic E-state index is 11.5. The minimum absolute atomic E-state index is 0.0408. The molecular weight excluding hydrogens is 202 g/mol. The molecule has 0 spiro atoms. The summed E-state index contributed by atoms with van der Waals surface area (Å²) in [6.07, 6.45) is 6.23. The number of carbonyl (C=O) groups excluding carboxylic acids is 1. The lowest BCUT2D eigenvalue weighted by Gasteiger charge is -2.32. The van der Waals surface area contributed by atoms with Crippen molar-refractivity contribution >= 4 is 5.97 Å². The number of rotatable bonds is 3. The van der Waals surface area contributed by atoms with E-state index in [9.17, 15) is 4.79 Å². The van der Waals surface area contributed by atoms with E-state index < -0.39 is 0 Å². The van der Waals surface area contributed by atoms with Crippen LogP contribution in [0.1, 0.15) is 52.4 Å². The summed E-state index contributed by atoms with van der Waals surface area (Å²) < 4.78 is 4.79. The normalized spacial score (nSPS) is 29.5. The third-order valence-electron chi connectivity index (χ3n) is 4.03. The number of methoxy groups -OCH3 is 1. The number of carbonyl (C=O) groups is 1. The first-order valence-corrected chi connectivity index (χ1v) is 6.19. The van der Waals surface area contributed by atoms with Gasteiger partial charge in [-0.25, -0.2) is 0 Å². The Morgan fingerprint density at radius 2 is 1.94 bits per heavy atom. The van der Waals surface area contributed by atoms with Crippen molar-refractivity contribution in [2.24, 2.45) is 5.41 Å². The highest BCUT2D eigenvalue weighted by atomic mass is 16.5. The molecule has 16 heavy (non-hydrogen) atoms. The zero-order chi connectivity index (χ0) is 12.2. The zero-order valence-corrected chi connectivity index (χ0v) is 11.1. The molecule has 1 saturated carbocycles. The molecule has 0 aromatic rings. The van der Waals surface area contributed by atoms with Crippen molar-refractivity contribution in [3.8, 4) is 0 Å². The summed E-state index contributed by atoms with van der Waals surface area (Å²) in [7, 11) is 3.42. The van der Waals surface area contributed by atoms with E-state index >= 15 is 0 Å². The quantitative estimate of drug-likeness (QED) is 0.594. The molecule has 0 aliphatic heterocycles. The predicted octanol–water partition coefficient (Wildman–Crippen LogP) is 2.50. The summed E-state index contributed by atoms with van der Waals surface area (Å²) in [5.74, 6) is -0.103. The number of hydrogen-bond donors (Lipinski definition) is 1. The molecule has 0 radical (unpaired) electrons. The Kier molecular flexibility index (Phi) is 4.36. The van der Waals surface area contributed by atoms with Crippen LogP contribution in [-0.4, -0.2) is 25.7 Å². The highest BCUT2D eigenvalue weighted by Crippen LogP contribution is 2.39. The second-order valence-electron chi connectivity index (χ2n) is 5.80.